The van der Waals surface area contributed by atoms with Crippen molar-refractivity contribution in [1.82, 2.24) is 10.8 Å². The van der Waals surface area contributed by atoms with Gasteiger partial charge in [0.2, 0.25) is 11.8 Å². The smallest absolute Gasteiger partial charge is 0.326 e. The van der Waals surface area contributed by atoms with E-state index in [2.05, 4.69) is 5.32 Å². The second-order valence-corrected chi connectivity index (χ2v) is 4.55. The Morgan fingerprint density at radius 3 is 2.23 bits per heavy atom. The summed E-state index contributed by atoms with van der Waals surface area (Å²) in [5, 5.41) is 19.8. The molecule has 0 heterocycles. The summed E-state index contributed by atoms with van der Waals surface area (Å²) in [6.07, 6.45) is -0.326. The van der Waals surface area contributed by atoms with Crippen LogP contribution in [-0.4, -0.2) is 41.2 Å². The average Bonchev–Trinajstić information content (AvgIpc) is 2.52. The van der Waals surface area contributed by atoms with Gasteiger partial charge in [-0.2, -0.15) is 0 Å². The normalized spacial score (nSPS) is 11.4. The number of benzene rings is 1. The summed E-state index contributed by atoms with van der Waals surface area (Å²) in [6, 6.07) is 5.71. The molecule has 1 rings (SSSR count). The molecule has 1 atom stereocenters. The monoisotopic (exact) mass is 310 g/mol. The van der Waals surface area contributed by atoms with E-state index in [1.165, 1.54) is 12.6 Å². The van der Waals surface area contributed by atoms with E-state index in [0.717, 1.165) is 5.56 Å². The predicted octanol–water partition coefficient (Wildman–Crippen LogP) is 0.0927. The lowest BCUT2D eigenvalue weighted by Gasteiger charge is -2.14. The van der Waals surface area contributed by atoms with Gasteiger partial charge >= 0.3 is 5.97 Å². The number of hydrogen-bond donors (Lipinski definition) is 4. The van der Waals surface area contributed by atoms with Crippen molar-refractivity contribution in [2.24, 2.45) is 0 Å². The number of amides is 2. The molecule has 0 saturated heterocycles. The lowest BCUT2D eigenvalue weighted by Crippen LogP contribution is -2.42. The van der Waals surface area contributed by atoms with Crippen molar-refractivity contribution >= 4 is 17.8 Å². The highest BCUT2D eigenvalue weighted by Crippen LogP contribution is 2.13. The zero-order valence-corrected chi connectivity index (χ0v) is 12.0. The number of carbonyl (C=O) groups excluding carboxylic acids is 2. The molecule has 0 aliphatic rings. The van der Waals surface area contributed by atoms with Crippen LogP contribution in [0.1, 0.15) is 18.4 Å². The van der Waals surface area contributed by atoms with E-state index in [1.54, 1.807) is 24.3 Å². The van der Waals surface area contributed by atoms with Crippen molar-refractivity contribution < 1.29 is 29.4 Å². The van der Waals surface area contributed by atoms with Gasteiger partial charge in [-0.25, -0.2) is 10.3 Å². The molecule has 0 radical (unpaired) electrons. The Morgan fingerprint density at radius 1 is 1.14 bits per heavy atom. The van der Waals surface area contributed by atoms with Crippen LogP contribution in [0.15, 0.2) is 24.3 Å². The van der Waals surface area contributed by atoms with E-state index in [0.29, 0.717) is 5.75 Å². The molecule has 0 aliphatic heterocycles. The highest BCUT2D eigenvalue weighted by atomic mass is 16.5. The van der Waals surface area contributed by atoms with E-state index in [9.17, 15) is 14.4 Å². The largest absolute Gasteiger partial charge is 0.497 e. The number of carboxylic acids is 1. The third-order valence-corrected chi connectivity index (χ3v) is 2.94. The fourth-order valence-electron chi connectivity index (χ4n) is 1.75. The summed E-state index contributed by atoms with van der Waals surface area (Å²) >= 11 is 0. The molecule has 22 heavy (non-hydrogen) atoms. The van der Waals surface area contributed by atoms with Crippen molar-refractivity contribution in [3.8, 4) is 5.75 Å². The number of carboxylic acid groups (broad SMARTS) is 1. The molecule has 1 aromatic rings. The van der Waals surface area contributed by atoms with Gasteiger partial charge in [0.25, 0.3) is 0 Å². The van der Waals surface area contributed by atoms with Crippen molar-refractivity contribution in [1.29, 1.82) is 0 Å². The van der Waals surface area contributed by atoms with Crippen LogP contribution >= 0.6 is 0 Å². The third kappa shape index (κ3) is 5.80. The SMILES string of the molecule is COc1ccc(CC(NC(=O)CCC(=O)NO)C(=O)O)cc1. The van der Waals surface area contributed by atoms with Gasteiger partial charge in [-0.1, -0.05) is 12.1 Å². The first-order valence-electron chi connectivity index (χ1n) is 6.54. The second-order valence-electron chi connectivity index (χ2n) is 4.55. The summed E-state index contributed by atoms with van der Waals surface area (Å²) in [7, 11) is 1.53. The Kier molecular flexibility index (Phi) is 6.84. The predicted molar refractivity (Wildman–Crippen MR) is 75.4 cm³/mol. The van der Waals surface area contributed by atoms with Crippen LogP contribution in [0.4, 0.5) is 0 Å². The summed E-state index contributed by atoms with van der Waals surface area (Å²) in [4.78, 5) is 33.6. The second kappa shape index (κ2) is 8.63. The topological polar surface area (TPSA) is 125 Å². The van der Waals surface area contributed by atoms with Crippen LogP contribution in [0.3, 0.4) is 0 Å². The van der Waals surface area contributed by atoms with Gasteiger partial charge in [0.15, 0.2) is 0 Å². The van der Waals surface area contributed by atoms with Crippen LogP contribution in [0.5, 0.6) is 5.75 Å². The lowest BCUT2D eigenvalue weighted by atomic mass is 10.1. The number of ether oxygens (including phenoxy) is 1. The van der Waals surface area contributed by atoms with Gasteiger partial charge < -0.3 is 15.2 Å². The highest BCUT2D eigenvalue weighted by Gasteiger charge is 2.20. The Labute approximate surface area is 127 Å². The third-order valence-electron chi connectivity index (χ3n) is 2.94. The van der Waals surface area contributed by atoms with Crippen molar-refractivity contribution in [2.75, 3.05) is 7.11 Å². The minimum Gasteiger partial charge on any atom is -0.497 e. The van der Waals surface area contributed by atoms with E-state index in [-0.39, 0.29) is 19.3 Å². The number of hydroxylamine groups is 1. The van der Waals surface area contributed by atoms with Crippen molar-refractivity contribution in [2.45, 2.75) is 25.3 Å². The number of rotatable bonds is 8. The van der Waals surface area contributed by atoms with Gasteiger partial charge in [0.05, 0.1) is 7.11 Å². The number of carbonyl (C=O) groups is 3. The highest BCUT2D eigenvalue weighted by molar-refractivity contribution is 5.86. The van der Waals surface area contributed by atoms with Crippen LogP contribution in [0.2, 0.25) is 0 Å². The van der Waals surface area contributed by atoms with Gasteiger partial charge in [0.1, 0.15) is 11.8 Å². The first-order valence-corrected chi connectivity index (χ1v) is 6.54. The van der Waals surface area contributed by atoms with Crippen LogP contribution < -0.4 is 15.5 Å². The van der Waals surface area contributed by atoms with Gasteiger partial charge in [0, 0.05) is 19.3 Å². The maximum absolute atomic E-state index is 11.6. The number of nitrogens with one attached hydrogen (secondary N) is 2. The first kappa shape index (κ1) is 17.4. The van der Waals surface area contributed by atoms with Gasteiger partial charge in [-0.05, 0) is 17.7 Å². The molecular formula is C14H18N2O6. The van der Waals surface area contributed by atoms with E-state index in [1.807, 2.05) is 0 Å². The summed E-state index contributed by atoms with van der Waals surface area (Å²) in [5.74, 6) is -1.81. The van der Waals surface area contributed by atoms with E-state index in [4.69, 9.17) is 15.1 Å². The van der Waals surface area contributed by atoms with Crippen LogP contribution in [0, 0.1) is 0 Å². The molecule has 0 saturated carbocycles. The van der Waals surface area contributed by atoms with Crippen LogP contribution in [-0.2, 0) is 20.8 Å². The Balaban J connectivity index is 2.59. The zero-order chi connectivity index (χ0) is 16.5. The molecule has 2 amide bonds. The quantitative estimate of drug-likeness (QED) is 0.398. The van der Waals surface area contributed by atoms with Crippen molar-refractivity contribution in [3.63, 3.8) is 0 Å². The fraction of sp³-hybridized carbons (Fsp3) is 0.357. The van der Waals surface area contributed by atoms with Gasteiger partial charge in [-0.3, -0.25) is 14.8 Å². The Hall–Kier alpha value is -2.61. The van der Waals surface area contributed by atoms with E-state index < -0.39 is 23.8 Å². The molecular weight excluding hydrogens is 292 g/mol. The lowest BCUT2D eigenvalue weighted by molar-refractivity contribution is -0.141. The van der Waals surface area contributed by atoms with E-state index >= 15 is 0 Å². The molecule has 0 spiro atoms. The Morgan fingerprint density at radius 2 is 1.73 bits per heavy atom. The molecule has 0 bridgehead atoms. The summed E-state index contributed by atoms with van der Waals surface area (Å²) in [6.45, 7) is 0. The molecule has 8 nitrogen and oxygen atoms in total. The maximum Gasteiger partial charge on any atom is 0.326 e. The summed E-state index contributed by atoms with van der Waals surface area (Å²) < 4.78 is 5.01. The molecule has 120 valence electrons. The number of methoxy groups -OCH3 is 1. The maximum atomic E-state index is 11.6. The van der Waals surface area contributed by atoms with Crippen molar-refractivity contribution in [3.05, 3.63) is 29.8 Å². The van der Waals surface area contributed by atoms with Gasteiger partial charge in [-0.15, -0.1) is 0 Å². The molecule has 1 unspecified atom stereocenters. The average molecular weight is 310 g/mol. The minimum atomic E-state index is -1.17. The van der Waals surface area contributed by atoms with Crippen LogP contribution in [0.25, 0.3) is 0 Å². The number of aliphatic carboxylic acids is 1. The Bertz CT molecular complexity index is 529. The molecule has 0 aliphatic carbocycles. The molecule has 1 aromatic carbocycles. The minimum absolute atomic E-state index is 0.108. The molecule has 8 heteroatoms. The summed E-state index contributed by atoms with van der Waals surface area (Å²) in [5.41, 5.74) is 2.12. The molecule has 0 aromatic heterocycles. The first-order chi connectivity index (χ1) is 10.5. The zero-order valence-electron chi connectivity index (χ0n) is 12.0. The fourth-order valence-corrected chi connectivity index (χ4v) is 1.75. The molecule has 4 N–H and O–H groups in total. The number of hydrogen-bond acceptors (Lipinski definition) is 5. The molecule has 0 fully saturated rings. The standard InChI is InChI=1S/C14H18N2O6/c1-22-10-4-2-9(3-5-10)8-11(14(19)20)15-12(17)6-7-13(18)16-21/h2-5,11,21H,6-8H2,1H3,(H,15,17)(H,16,18)(H,19,20).